The van der Waals surface area contributed by atoms with E-state index in [4.69, 9.17) is 28.4 Å². The highest BCUT2D eigenvalue weighted by molar-refractivity contribution is 6.00. The molecule has 0 spiro atoms. The molecule has 0 aliphatic carbocycles. The molecule has 53 heavy (non-hydrogen) atoms. The number of halogens is 3. The summed E-state index contributed by atoms with van der Waals surface area (Å²) in [5.74, 6) is -6.22. The molecule has 0 amide bonds. The number of rotatable bonds is 18. The van der Waals surface area contributed by atoms with E-state index in [1.54, 1.807) is 30.3 Å². The molecule has 2 N–H and O–H groups in total. The Bertz CT molecular complexity index is 1490. The molecule has 0 bridgehead atoms. The molecule has 7 unspecified atom stereocenters. The van der Waals surface area contributed by atoms with Crippen LogP contribution in [0.2, 0.25) is 0 Å². The Balaban J connectivity index is 3.00. The fourth-order valence-corrected chi connectivity index (χ4v) is 6.47. The molecule has 1 heterocycles. The third kappa shape index (κ3) is 8.80. The van der Waals surface area contributed by atoms with Crippen LogP contribution in [-0.4, -0.2) is 97.1 Å². The summed E-state index contributed by atoms with van der Waals surface area (Å²) in [4.78, 5) is 72.2. The van der Waals surface area contributed by atoms with E-state index < -0.39 is 100 Å². The lowest BCUT2D eigenvalue weighted by molar-refractivity contribution is -0.262. The minimum atomic E-state index is -5.10. The van der Waals surface area contributed by atoms with E-state index >= 15 is 0 Å². The summed E-state index contributed by atoms with van der Waals surface area (Å²) in [6.45, 7) is 9.92. The molecule has 1 aromatic carbocycles. The minimum absolute atomic E-state index is 0.221. The van der Waals surface area contributed by atoms with Gasteiger partial charge in [-0.1, -0.05) is 30.3 Å². The van der Waals surface area contributed by atoms with Gasteiger partial charge in [0, 0.05) is 6.42 Å². The first-order valence-electron chi connectivity index (χ1n) is 17.0. The number of ether oxygens (including phenoxy) is 6. The van der Waals surface area contributed by atoms with E-state index in [1.807, 2.05) is 0 Å². The molecule has 2 rings (SSSR count). The lowest BCUT2D eigenvalue weighted by Crippen LogP contribution is -2.71. The molecular formula is C37H53F3O13. The number of hydrogen-bond donors (Lipinski definition) is 2. The van der Waals surface area contributed by atoms with Crippen LogP contribution in [0.4, 0.5) is 13.2 Å². The van der Waals surface area contributed by atoms with E-state index in [2.05, 4.69) is 0 Å². The van der Waals surface area contributed by atoms with Crippen molar-refractivity contribution in [1.82, 2.24) is 0 Å². The lowest BCUT2D eigenvalue weighted by atomic mass is 9.40. The normalized spacial score (nSPS) is 20.5. The number of carbonyl (C=O) groups excluding carboxylic acids is 5. The molecule has 13 nitrogen and oxygen atoms in total. The average Bonchev–Trinajstić information content (AvgIpc) is 3.90. The van der Waals surface area contributed by atoms with Crippen molar-refractivity contribution in [1.29, 1.82) is 0 Å². The van der Waals surface area contributed by atoms with Gasteiger partial charge in [-0.3, -0.25) is 24.0 Å². The van der Waals surface area contributed by atoms with Crippen LogP contribution in [0, 0.1) is 27.1 Å². The second-order valence-corrected chi connectivity index (χ2v) is 15.4. The molecule has 7 atom stereocenters. The smallest absolute Gasteiger partial charge is 0.417 e. The molecule has 1 aromatic rings. The van der Waals surface area contributed by atoms with Gasteiger partial charge in [0.25, 0.3) is 0 Å². The van der Waals surface area contributed by atoms with Crippen LogP contribution in [0.25, 0.3) is 0 Å². The molecular weight excluding hydrogens is 709 g/mol. The van der Waals surface area contributed by atoms with Crippen LogP contribution in [0.1, 0.15) is 81.2 Å². The fraction of sp³-hybridized carbons (Fsp3) is 0.703. The van der Waals surface area contributed by atoms with Gasteiger partial charge >= 0.3 is 36.0 Å². The first-order valence-corrected chi connectivity index (χ1v) is 17.0. The number of epoxide rings is 1. The van der Waals surface area contributed by atoms with Crippen LogP contribution < -0.4 is 0 Å². The van der Waals surface area contributed by atoms with E-state index in [0.717, 1.165) is 41.7 Å². The SMILES string of the molecule is COC(=O)C(C)(C)C(C)(C(=O)OCc1ccccc1)C(C)(C(=O)OCC1CO1)C(C)(C(=O)OCC(C)O)C(C)(C)C(=O)OC(C)CC(C)(O)C(F)(F)F. The predicted octanol–water partition coefficient (Wildman–Crippen LogP) is 4.48. The Morgan fingerprint density at radius 3 is 1.70 bits per heavy atom. The van der Waals surface area contributed by atoms with E-state index in [0.29, 0.717) is 12.5 Å². The van der Waals surface area contributed by atoms with Gasteiger partial charge in [-0.15, -0.1) is 0 Å². The summed E-state index contributed by atoms with van der Waals surface area (Å²) in [5.41, 5.74) is -15.0. The Hall–Kier alpha value is -3.76. The second-order valence-electron chi connectivity index (χ2n) is 15.4. The Morgan fingerprint density at radius 2 is 1.25 bits per heavy atom. The third-order valence-electron chi connectivity index (χ3n) is 11.0. The van der Waals surface area contributed by atoms with Crippen molar-refractivity contribution < 1.29 is 75.8 Å². The van der Waals surface area contributed by atoms with Crippen LogP contribution in [0.3, 0.4) is 0 Å². The monoisotopic (exact) mass is 762 g/mol. The maximum Gasteiger partial charge on any atom is 0.417 e. The van der Waals surface area contributed by atoms with Crippen LogP contribution in [0.5, 0.6) is 0 Å². The second kappa shape index (κ2) is 16.3. The summed E-state index contributed by atoms with van der Waals surface area (Å²) in [5, 5.41) is 20.2. The number of alkyl halides is 3. The van der Waals surface area contributed by atoms with Crippen molar-refractivity contribution >= 4 is 29.8 Å². The van der Waals surface area contributed by atoms with Crippen molar-refractivity contribution in [2.75, 3.05) is 26.9 Å². The van der Waals surface area contributed by atoms with Gasteiger partial charge in [0.15, 0.2) is 5.60 Å². The Morgan fingerprint density at radius 1 is 0.774 bits per heavy atom. The molecule has 1 aliphatic rings. The predicted molar refractivity (Wildman–Crippen MR) is 180 cm³/mol. The highest BCUT2D eigenvalue weighted by Gasteiger charge is 2.79. The van der Waals surface area contributed by atoms with E-state index in [-0.39, 0.29) is 19.8 Å². The molecule has 0 radical (unpaired) electrons. The van der Waals surface area contributed by atoms with Gasteiger partial charge in [-0.2, -0.15) is 13.2 Å². The maximum atomic E-state index is 14.9. The minimum Gasteiger partial charge on any atom is -0.469 e. The molecule has 16 heteroatoms. The topological polar surface area (TPSA) is 184 Å². The number of aliphatic hydroxyl groups excluding tert-OH is 1. The van der Waals surface area contributed by atoms with Gasteiger partial charge < -0.3 is 38.6 Å². The van der Waals surface area contributed by atoms with Crippen LogP contribution in [0.15, 0.2) is 30.3 Å². The Kier molecular flexibility index (Phi) is 14.0. The number of methoxy groups -OCH3 is 1. The Labute approximate surface area is 307 Å². The zero-order valence-corrected chi connectivity index (χ0v) is 32.2. The van der Waals surface area contributed by atoms with Gasteiger partial charge in [-0.25, -0.2) is 0 Å². The first-order chi connectivity index (χ1) is 24.1. The average molecular weight is 763 g/mol. The van der Waals surface area contributed by atoms with E-state index in [1.165, 1.54) is 27.7 Å². The zero-order valence-electron chi connectivity index (χ0n) is 32.2. The van der Waals surface area contributed by atoms with Crippen molar-refractivity contribution in [2.24, 2.45) is 27.1 Å². The van der Waals surface area contributed by atoms with Crippen molar-refractivity contribution in [2.45, 2.75) is 112 Å². The molecule has 300 valence electrons. The highest BCUT2D eigenvalue weighted by Crippen LogP contribution is 2.66. The quantitative estimate of drug-likeness (QED) is 0.121. The van der Waals surface area contributed by atoms with Crippen molar-refractivity contribution in [3.05, 3.63) is 35.9 Å². The zero-order chi connectivity index (χ0) is 41.0. The summed E-state index contributed by atoms with van der Waals surface area (Å²) < 4.78 is 73.4. The van der Waals surface area contributed by atoms with Crippen molar-refractivity contribution in [3.63, 3.8) is 0 Å². The summed E-state index contributed by atoms with van der Waals surface area (Å²) in [7, 11) is 1.04. The first kappa shape index (κ1) is 45.4. The molecule has 1 fully saturated rings. The maximum absolute atomic E-state index is 14.9. The molecule has 1 aliphatic heterocycles. The summed E-state index contributed by atoms with van der Waals surface area (Å²) in [6, 6.07) is 8.38. The number of aliphatic hydroxyl groups is 2. The van der Waals surface area contributed by atoms with Crippen LogP contribution in [-0.2, 0) is 59.0 Å². The summed E-state index contributed by atoms with van der Waals surface area (Å²) >= 11 is 0. The lowest BCUT2D eigenvalue weighted by Gasteiger charge is -2.59. The highest BCUT2D eigenvalue weighted by atomic mass is 19.4. The molecule has 0 aromatic heterocycles. The number of benzene rings is 1. The number of esters is 5. The largest absolute Gasteiger partial charge is 0.469 e. The van der Waals surface area contributed by atoms with Crippen LogP contribution >= 0.6 is 0 Å². The van der Waals surface area contributed by atoms with Gasteiger partial charge in [0.05, 0.1) is 46.9 Å². The van der Waals surface area contributed by atoms with Gasteiger partial charge in [0.1, 0.15) is 32.0 Å². The standard InChI is InChI=1S/C37H53F3O13/c1-22(41)18-50-28(44)35(9,32(5,6)27(43)53-23(2)17-33(7,47)37(38,39)40)36(10,30(46)52-21-25-20-49-25)34(8,31(3,4)26(42)48-11)29(45)51-19-24-15-13-12-14-16-24/h12-16,22-23,25,41,47H,17-21H2,1-11H3. The molecule has 0 saturated carbocycles. The summed E-state index contributed by atoms with van der Waals surface area (Å²) in [6.07, 6.45) is -9.63. The van der Waals surface area contributed by atoms with Gasteiger partial charge in [0.2, 0.25) is 0 Å². The fourth-order valence-electron chi connectivity index (χ4n) is 6.47. The number of carbonyl (C=O) groups is 5. The number of hydrogen-bond acceptors (Lipinski definition) is 13. The molecule has 1 saturated heterocycles. The third-order valence-corrected chi connectivity index (χ3v) is 11.0. The van der Waals surface area contributed by atoms with Gasteiger partial charge in [-0.05, 0) is 74.8 Å². The van der Waals surface area contributed by atoms with E-state index in [9.17, 15) is 47.4 Å². The van der Waals surface area contributed by atoms with Crippen molar-refractivity contribution in [3.8, 4) is 0 Å².